The summed E-state index contributed by atoms with van der Waals surface area (Å²) in [6.45, 7) is 5.77. The fraction of sp³-hybridized carbons (Fsp3) is 0.455. The van der Waals surface area contributed by atoms with E-state index in [2.05, 4.69) is 28.5 Å². The third-order valence-corrected chi connectivity index (χ3v) is 3.50. The van der Waals surface area contributed by atoms with Crippen molar-refractivity contribution in [2.24, 2.45) is 0 Å². The second kappa shape index (κ2) is 4.76. The highest BCUT2D eigenvalue weighted by atomic mass is 32.1. The molecule has 16 heavy (non-hydrogen) atoms. The van der Waals surface area contributed by atoms with Gasteiger partial charge in [-0.05, 0) is 20.9 Å². The van der Waals surface area contributed by atoms with Gasteiger partial charge in [0.1, 0.15) is 5.01 Å². The Bertz CT molecular complexity index is 453. The maximum absolute atomic E-state index is 4.50. The monoisotopic (exact) mass is 236 g/mol. The van der Waals surface area contributed by atoms with Crippen molar-refractivity contribution in [2.75, 3.05) is 7.05 Å². The molecule has 0 bridgehead atoms. The highest BCUT2D eigenvalue weighted by Gasteiger charge is 2.05. The van der Waals surface area contributed by atoms with Crippen LogP contribution in [-0.2, 0) is 13.1 Å². The van der Waals surface area contributed by atoms with Crippen LogP contribution in [-0.4, -0.2) is 21.8 Å². The van der Waals surface area contributed by atoms with Gasteiger partial charge in [-0.15, -0.1) is 11.3 Å². The lowest BCUT2D eigenvalue weighted by Crippen LogP contribution is -2.04. The summed E-state index contributed by atoms with van der Waals surface area (Å²) in [5.74, 6) is 0. The molecule has 0 aliphatic carbocycles. The zero-order valence-corrected chi connectivity index (χ0v) is 10.6. The van der Waals surface area contributed by atoms with Crippen LogP contribution in [0.2, 0.25) is 0 Å². The van der Waals surface area contributed by atoms with Gasteiger partial charge in [0, 0.05) is 23.2 Å². The van der Waals surface area contributed by atoms with Crippen molar-refractivity contribution in [1.29, 1.82) is 0 Å². The average Bonchev–Trinajstić information content (AvgIpc) is 2.77. The largest absolute Gasteiger partial charge is 0.316 e. The smallest absolute Gasteiger partial charge is 0.115 e. The summed E-state index contributed by atoms with van der Waals surface area (Å²) in [6, 6.07) is 0. The number of aryl methyl sites for hydroxylation is 2. The van der Waals surface area contributed by atoms with Crippen LogP contribution in [0.25, 0.3) is 0 Å². The first-order valence-electron chi connectivity index (χ1n) is 5.28. The van der Waals surface area contributed by atoms with E-state index in [0.29, 0.717) is 0 Å². The van der Waals surface area contributed by atoms with Crippen LogP contribution in [0.4, 0.5) is 0 Å². The molecule has 0 atom stereocenters. The molecule has 0 aromatic carbocycles. The molecule has 0 aliphatic heterocycles. The number of rotatable bonds is 4. The average molecular weight is 236 g/mol. The first-order chi connectivity index (χ1) is 7.69. The van der Waals surface area contributed by atoms with Crippen molar-refractivity contribution in [3.63, 3.8) is 0 Å². The molecule has 0 amide bonds. The molecule has 2 heterocycles. The Kier molecular flexibility index (Phi) is 3.36. The van der Waals surface area contributed by atoms with E-state index in [-0.39, 0.29) is 0 Å². The van der Waals surface area contributed by atoms with Crippen LogP contribution >= 0.6 is 11.3 Å². The Morgan fingerprint density at radius 3 is 2.88 bits per heavy atom. The highest BCUT2D eigenvalue weighted by Crippen LogP contribution is 2.17. The number of nitrogens with one attached hydrogen (secondary N) is 1. The second-order valence-electron chi connectivity index (χ2n) is 3.83. The van der Waals surface area contributed by atoms with E-state index < -0.39 is 0 Å². The van der Waals surface area contributed by atoms with Gasteiger partial charge >= 0.3 is 0 Å². The molecular weight excluding hydrogens is 220 g/mol. The Morgan fingerprint density at radius 1 is 1.44 bits per heavy atom. The molecule has 0 aliphatic rings. The summed E-state index contributed by atoms with van der Waals surface area (Å²) >= 11 is 1.74. The van der Waals surface area contributed by atoms with Crippen LogP contribution < -0.4 is 5.32 Å². The SMILES string of the molecule is CNCc1cnn(Cc2nc(C)c(C)s2)c1. The third kappa shape index (κ3) is 2.48. The van der Waals surface area contributed by atoms with Crippen molar-refractivity contribution in [2.45, 2.75) is 26.9 Å². The van der Waals surface area contributed by atoms with Gasteiger partial charge in [-0.3, -0.25) is 4.68 Å². The molecule has 4 nitrogen and oxygen atoms in total. The van der Waals surface area contributed by atoms with Gasteiger partial charge in [0.05, 0.1) is 18.4 Å². The maximum Gasteiger partial charge on any atom is 0.115 e. The van der Waals surface area contributed by atoms with Gasteiger partial charge in [-0.2, -0.15) is 5.10 Å². The van der Waals surface area contributed by atoms with E-state index in [4.69, 9.17) is 0 Å². The summed E-state index contributed by atoms with van der Waals surface area (Å²) in [4.78, 5) is 5.79. The molecule has 2 rings (SSSR count). The fourth-order valence-corrected chi connectivity index (χ4v) is 2.46. The summed E-state index contributed by atoms with van der Waals surface area (Å²) in [5, 5.41) is 8.54. The van der Waals surface area contributed by atoms with Gasteiger partial charge in [0.25, 0.3) is 0 Å². The van der Waals surface area contributed by atoms with Gasteiger partial charge in [0.15, 0.2) is 0 Å². The molecular formula is C11H16N4S. The number of thiazole rings is 1. The van der Waals surface area contributed by atoms with Crippen molar-refractivity contribution in [1.82, 2.24) is 20.1 Å². The topological polar surface area (TPSA) is 42.7 Å². The first-order valence-corrected chi connectivity index (χ1v) is 6.09. The molecule has 0 saturated heterocycles. The minimum atomic E-state index is 0.767. The molecule has 2 aromatic rings. The zero-order valence-electron chi connectivity index (χ0n) is 9.82. The van der Waals surface area contributed by atoms with Gasteiger partial charge in [-0.25, -0.2) is 4.98 Å². The van der Waals surface area contributed by atoms with Crippen LogP contribution in [0.1, 0.15) is 21.1 Å². The predicted molar refractivity (Wildman–Crippen MR) is 65.7 cm³/mol. The quantitative estimate of drug-likeness (QED) is 0.879. The molecule has 0 spiro atoms. The maximum atomic E-state index is 4.50. The first kappa shape index (κ1) is 11.3. The predicted octanol–water partition coefficient (Wildman–Crippen LogP) is 1.72. The minimum absolute atomic E-state index is 0.767. The van der Waals surface area contributed by atoms with Crippen LogP contribution in [0, 0.1) is 13.8 Å². The molecule has 0 radical (unpaired) electrons. The summed E-state index contributed by atoms with van der Waals surface area (Å²) in [5.41, 5.74) is 2.33. The molecule has 5 heteroatoms. The van der Waals surface area contributed by atoms with Crippen molar-refractivity contribution >= 4 is 11.3 Å². The molecule has 0 fully saturated rings. The Balaban J connectivity index is 2.08. The second-order valence-corrected chi connectivity index (χ2v) is 5.11. The van der Waals surface area contributed by atoms with E-state index in [1.165, 1.54) is 10.4 Å². The molecule has 1 N–H and O–H groups in total. The van der Waals surface area contributed by atoms with Gasteiger partial charge in [0.2, 0.25) is 0 Å². The minimum Gasteiger partial charge on any atom is -0.316 e. The van der Waals surface area contributed by atoms with Crippen LogP contribution in [0.15, 0.2) is 12.4 Å². The summed E-state index contributed by atoms with van der Waals surface area (Å²) in [6.07, 6.45) is 3.95. The van der Waals surface area contributed by atoms with Crippen LogP contribution in [0.5, 0.6) is 0 Å². The number of nitrogens with zero attached hydrogens (tertiary/aromatic N) is 3. The Hall–Kier alpha value is -1.20. The van der Waals surface area contributed by atoms with Gasteiger partial charge in [-0.1, -0.05) is 0 Å². The standard InChI is InChI=1S/C11H16N4S/c1-8-9(2)16-11(14-8)7-15-6-10(4-12-3)5-13-15/h5-6,12H,4,7H2,1-3H3. The molecule has 0 unspecified atom stereocenters. The Morgan fingerprint density at radius 2 is 2.25 bits per heavy atom. The number of aromatic nitrogens is 3. The Labute approximate surface area is 99.3 Å². The third-order valence-electron chi connectivity index (χ3n) is 2.44. The molecule has 2 aromatic heterocycles. The van der Waals surface area contributed by atoms with E-state index in [1.807, 2.05) is 24.9 Å². The van der Waals surface area contributed by atoms with Gasteiger partial charge < -0.3 is 5.32 Å². The van der Waals surface area contributed by atoms with E-state index in [0.717, 1.165) is 23.8 Å². The normalized spacial score (nSPS) is 10.9. The van der Waals surface area contributed by atoms with Crippen LogP contribution in [0.3, 0.4) is 0 Å². The van der Waals surface area contributed by atoms with E-state index in [9.17, 15) is 0 Å². The zero-order chi connectivity index (χ0) is 11.5. The fourth-order valence-electron chi connectivity index (χ4n) is 1.53. The molecule has 86 valence electrons. The summed E-state index contributed by atoms with van der Waals surface area (Å²) in [7, 11) is 1.94. The summed E-state index contributed by atoms with van der Waals surface area (Å²) < 4.78 is 1.93. The highest BCUT2D eigenvalue weighted by molar-refractivity contribution is 7.11. The lowest BCUT2D eigenvalue weighted by atomic mass is 10.4. The van der Waals surface area contributed by atoms with E-state index in [1.54, 1.807) is 11.3 Å². The van der Waals surface area contributed by atoms with Crippen molar-refractivity contribution < 1.29 is 0 Å². The lowest BCUT2D eigenvalue weighted by molar-refractivity contribution is 0.680. The number of hydrogen-bond donors (Lipinski definition) is 1. The van der Waals surface area contributed by atoms with Crippen molar-refractivity contribution in [3.05, 3.63) is 33.5 Å². The van der Waals surface area contributed by atoms with E-state index >= 15 is 0 Å². The lowest BCUT2D eigenvalue weighted by Gasteiger charge is -1.96. The van der Waals surface area contributed by atoms with Crippen molar-refractivity contribution in [3.8, 4) is 0 Å². The molecule has 0 saturated carbocycles. The number of hydrogen-bond acceptors (Lipinski definition) is 4.